The van der Waals surface area contributed by atoms with Crippen molar-refractivity contribution < 1.29 is 19.4 Å². The van der Waals surface area contributed by atoms with Crippen LogP contribution in [0.15, 0.2) is 42.5 Å². The molecule has 2 amide bonds. The fraction of sp³-hybridized carbons (Fsp3) is 0.417. The standard InChI is InChI=1S/C24H30N2O4/c1-18-8-5-9-19(2)23(18)30-17-6-12-22(28)25-13-7-14-26(16-15-25)24(29)20-10-3-4-11-21(20)27/h3-5,8-11,27H,6-7,12-17H2,1-2H3. The second-order valence-electron chi connectivity index (χ2n) is 7.72. The number of hydrogen-bond donors (Lipinski definition) is 1. The molecule has 0 aromatic heterocycles. The molecule has 30 heavy (non-hydrogen) atoms. The Morgan fingerprint density at radius 1 is 0.933 bits per heavy atom. The molecule has 1 aliphatic heterocycles. The smallest absolute Gasteiger partial charge is 0.257 e. The van der Waals surface area contributed by atoms with Crippen LogP contribution in [0.4, 0.5) is 0 Å². The molecular formula is C24H30N2O4. The molecule has 1 aliphatic rings. The van der Waals surface area contributed by atoms with E-state index in [2.05, 4.69) is 0 Å². The summed E-state index contributed by atoms with van der Waals surface area (Å²) in [6, 6.07) is 12.6. The first-order valence-electron chi connectivity index (χ1n) is 10.5. The van der Waals surface area contributed by atoms with Crippen LogP contribution < -0.4 is 4.74 Å². The van der Waals surface area contributed by atoms with Gasteiger partial charge in [0.2, 0.25) is 5.91 Å². The highest BCUT2D eigenvalue weighted by atomic mass is 16.5. The second-order valence-corrected chi connectivity index (χ2v) is 7.72. The van der Waals surface area contributed by atoms with Gasteiger partial charge < -0.3 is 19.6 Å². The van der Waals surface area contributed by atoms with E-state index in [1.165, 1.54) is 6.07 Å². The van der Waals surface area contributed by atoms with Crippen LogP contribution in [-0.2, 0) is 4.79 Å². The summed E-state index contributed by atoms with van der Waals surface area (Å²) in [6.45, 7) is 6.74. The minimum atomic E-state index is -0.190. The number of carbonyl (C=O) groups is 2. The molecule has 0 spiro atoms. The number of phenolic OH excluding ortho intramolecular Hbond substituents is 1. The van der Waals surface area contributed by atoms with Gasteiger partial charge in [-0.1, -0.05) is 30.3 Å². The van der Waals surface area contributed by atoms with Crippen molar-refractivity contribution in [3.63, 3.8) is 0 Å². The zero-order chi connectivity index (χ0) is 21.5. The predicted molar refractivity (Wildman–Crippen MR) is 116 cm³/mol. The first-order valence-corrected chi connectivity index (χ1v) is 10.5. The van der Waals surface area contributed by atoms with Crippen LogP contribution in [0.25, 0.3) is 0 Å². The van der Waals surface area contributed by atoms with E-state index in [9.17, 15) is 14.7 Å². The molecule has 0 atom stereocenters. The van der Waals surface area contributed by atoms with E-state index >= 15 is 0 Å². The Labute approximate surface area is 178 Å². The summed E-state index contributed by atoms with van der Waals surface area (Å²) in [4.78, 5) is 28.9. The van der Waals surface area contributed by atoms with E-state index in [4.69, 9.17) is 4.74 Å². The van der Waals surface area contributed by atoms with Crippen LogP contribution in [0.2, 0.25) is 0 Å². The molecule has 1 fully saturated rings. The van der Waals surface area contributed by atoms with Gasteiger partial charge in [-0.25, -0.2) is 0 Å². The average Bonchev–Trinajstić information content (AvgIpc) is 2.99. The molecule has 0 aliphatic carbocycles. The molecule has 0 unspecified atom stereocenters. The Balaban J connectivity index is 1.46. The van der Waals surface area contributed by atoms with Gasteiger partial charge in [0.15, 0.2) is 0 Å². The van der Waals surface area contributed by atoms with Crippen molar-refractivity contribution >= 4 is 11.8 Å². The van der Waals surface area contributed by atoms with Crippen molar-refractivity contribution in [2.45, 2.75) is 33.1 Å². The normalized spacial score (nSPS) is 14.3. The summed E-state index contributed by atoms with van der Waals surface area (Å²) in [6.07, 6.45) is 1.81. The maximum absolute atomic E-state index is 12.7. The molecule has 1 saturated heterocycles. The van der Waals surface area contributed by atoms with Gasteiger partial charge in [0.25, 0.3) is 5.91 Å². The van der Waals surface area contributed by atoms with Gasteiger partial charge in [-0.2, -0.15) is 0 Å². The number of amides is 2. The Kier molecular flexibility index (Phi) is 7.33. The van der Waals surface area contributed by atoms with Gasteiger partial charge in [0.1, 0.15) is 11.5 Å². The minimum absolute atomic E-state index is 0.0106. The van der Waals surface area contributed by atoms with Gasteiger partial charge in [-0.05, 0) is 49.9 Å². The number of carbonyl (C=O) groups excluding carboxylic acids is 2. The van der Waals surface area contributed by atoms with Crippen LogP contribution in [0.3, 0.4) is 0 Å². The van der Waals surface area contributed by atoms with Crippen molar-refractivity contribution in [3.05, 3.63) is 59.2 Å². The number of para-hydroxylation sites is 2. The molecule has 6 heteroatoms. The van der Waals surface area contributed by atoms with Crippen molar-refractivity contribution in [2.24, 2.45) is 0 Å². The maximum Gasteiger partial charge on any atom is 0.257 e. The van der Waals surface area contributed by atoms with Gasteiger partial charge >= 0.3 is 0 Å². The van der Waals surface area contributed by atoms with E-state index in [1.807, 2.05) is 36.9 Å². The third-order valence-electron chi connectivity index (χ3n) is 5.46. The third-order valence-corrected chi connectivity index (χ3v) is 5.46. The number of phenols is 1. The highest BCUT2D eigenvalue weighted by Gasteiger charge is 2.24. The monoisotopic (exact) mass is 410 g/mol. The summed E-state index contributed by atoms with van der Waals surface area (Å²) < 4.78 is 5.89. The van der Waals surface area contributed by atoms with Crippen molar-refractivity contribution in [3.8, 4) is 11.5 Å². The third kappa shape index (κ3) is 5.32. The van der Waals surface area contributed by atoms with Crippen molar-refractivity contribution in [1.29, 1.82) is 0 Å². The first-order chi connectivity index (χ1) is 14.5. The largest absolute Gasteiger partial charge is 0.507 e. The number of aromatic hydroxyl groups is 1. The molecule has 0 saturated carbocycles. The van der Waals surface area contributed by atoms with E-state index in [1.54, 1.807) is 23.1 Å². The molecule has 1 N–H and O–H groups in total. The molecule has 160 valence electrons. The second kappa shape index (κ2) is 10.1. The summed E-state index contributed by atoms with van der Waals surface area (Å²) in [7, 11) is 0. The van der Waals surface area contributed by atoms with E-state index in [0.29, 0.717) is 51.2 Å². The predicted octanol–water partition coefficient (Wildman–Crippen LogP) is 3.54. The maximum atomic E-state index is 12.7. The number of hydrogen-bond acceptors (Lipinski definition) is 4. The zero-order valence-electron chi connectivity index (χ0n) is 17.8. The van der Waals surface area contributed by atoms with Gasteiger partial charge in [-0.15, -0.1) is 0 Å². The Hall–Kier alpha value is -3.02. The summed E-state index contributed by atoms with van der Waals surface area (Å²) in [5.74, 6) is 0.794. The lowest BCUT2D eigenvalue weighted by Crippen LogP contribution is -2.37. The fourth-order valence-corrected chi connectivity index (χ4v) is 3.78. The van der Waals surface area contributed by atoms with E-state index in [-0.39, 0.29) is 17.6 Å². The van der Waals surface area contributed by atoms with Gasteiger partial charge in [-0.3, -0.25) is 9.59 Å². The lowest BCUT2D eigenvalue weighted by Gasteiger charge is -2.22. The Bertz CT molecular complexity index is 876. The Morgan fingerprint density at radius 3 is 2.33 bits per heavy atom. The summed E-state index contributed by atoms with van der Waals surface area (Å²) in [5, 5.41) is 9.94. The van der Waals surface area contributed by atoms with Crippen LogP contribution in [0, 0.1) is 13.8 Å². The van der Waals surface area contributed by atoms with Crippen LogP contribution >= 0.6 is 0 Å². The molecule has 0 bridgehead atoms. The number of ether oxygens (including phenoxy) is 1. The number of rotatable bonds is 6. The molecular weight excluding hydrogens is 380 g/mol. The molecule has 1 heterocycles. The highest BCUT2D eigenvalue weighted by Crippen LogP contribution is 2.23. The van der Waals surface area contributed by atoms with Crippen LogP contribution in [0.1, 0.15) is 40.7 Å². The number of benzene rings is 2. The SMILES string of the molecule is Cc1cccc(C)c1OCCCC(=O)N1CCCN(C(=O)c2ccccc2O)CC1. The highest BCUT2D eigenvalue weighted by molar-refractivity contribution is 5.96. The van der Waals surface area contributed by atoms with Gasteiger partial charge in [0.05, 0.1) is 12.2 Å². The quantitative estimate of drug-likeness (QED) is 0.740. The van der Waals surface area contributed by atoms with Crippen LogP contribution in [0.5, 0.6) is 11.5 Å². The molecule has 2 aromatic rings. The average molecular weight is 411 g/mol. The van der Waals surface area contributed by atoms with E-state index in [0.717, 1.165) is 23.3 Å². The number of aryl methyl sites for hydroxylation is 2. The molecule has 0 radical (unpaired) electrons. The lowest BCUT2D eigenvalue weighted by molar-refractivity contribution is -0.131. The minimum Gasteiger partial charge on any atom is -0.507 e. The molecule has 2 aromatic carbocycles. The first kappa shape index (κ1) is 21.7. The topological polar surface area (TPSA) is 70.1 Å². The van der Waals surface area contributed by atoms with Crippen molar-refractivity contribution in [1.82, 2.24) is 9.80 Å². The lowest BCUT2D eigenvalue weighted by atomic mass is 10.1. The van der Waals surface area contributed by atoms with Gasteiger partial charge in [0, 0.05) is 32.6 Å². The summed E-state index contributed by atoms with van der Waals surface area (Å²) in [5.41, 5.74) is 2.51. The van der Waals surface area contributed by atoms with E-state index < -0.39 is 0 Å². The fourth-order valence-electron chi connectivity index (χ4n) is 3.78. The Morgan fingerprint density at radius 2 is 1.60 bits per heavy atom. The van der Waals surface area contributed by atoms with Crippen molar-refractivity contribution in [2.75, 3.05) is 32.8 Å². The summed E-state index contributed by atoms with van der Waals surface area (Å²) >= 11 is 0. The zero-order valence-corrected chi connectivity index (χ0v) is 17.8. The van der Waals surface area contributed by atoms with Crippen LogP contribution in [-0.4, -0.2) is 59.5 Å². The molecule has 6 nitrogen and oxygen atoms in total. The number of nitrogens with zero attached hydrogens (tertiary/aromatic N) is 2. The molecule has 3 rings (SSSR count).